The molecular formula is C17H24O12S. The van der Waals surface area contributed by atoms with Gasteiger partial charge in [-0.05, 0) is 0 Å². The second-order valence-corrected chi connectivity index (χ2v) is 7.47. The van der Waals surface area contributed by atoms with E-state index in [0.717, 1.165) is 27.7 Å². The van der Waals surface area contributed by atoms with Crippen LogP contribution in [0.3, 0.4) is 0 Å². The number of rotatable bonds is 9. The molecule has 13 heteroatoms. The summed E-state index contributed by atoms with van der Waals surface area (Å²) in [4.78, 5) is 57.7. The Kier molecular flexibility index (Phi) is 9.52. The van der Waals surface area contributed by atoms with Crippen molar-refractivity contribution in [2.45, 2.75) is 63.7 Å². The van der Waals surface area contributed by atoms with E-state index in [1.165, 1.54) is 0 Å². The van der Waals surface area contributed by atoms with Gasteiger partial charge in [0, 0.05) is 33.4 Å². The van der Waals surface area contributed by atoms with Crippen LogP contribution < -0.4 is 0 Å². The summed E-state index contributed by atoms with van der Waals surface area (Å²) in [5.41, 5.74) is 0. The summed E-state index contributed by atoms with van der Waals surface area (Å²) >= 11 is 0.656. The van der Waals surface area contributed by atoms with Gasteiger partial charge in [-0.15, -0.1) is 0 Å². The number of aliphatic carboxylic acids is 1. The average Bonchev–Trinajstić information content (AvgIpc) is 2.58. The minimum absolute atomic E-state index is 0.163. The summed E-state index contributed by atoms with van der Waals surface area (Å²) in [6.07, 6.45) is -6.32. The molecule has 0 aliphatic carbocycles. The van der Waals surface area contributed by atoms with Gasteiger partial charge in [0.2, 0.25) is 6.10 Å². The molecule has 0 aromatic rings. The lowest BCUT2D eigenvalue weighted by atomic mass is 9.98. The number of thioether (sulfide) groups is 1. The van der Waals surface area contributed by atoms with Crippen LogP contribution in [-0.4, -0.2) is 82.0 Å². The van der Waals surface area contributed by atoms with Crippen LogP contribution in [0.2, 0.25) is 0 Å². The van der Waals surface area contributed by atoms with Gasteiger partial charge in [-0.25, -0.2) is 0 Å². The maximum Gasteiger partial charge on any atom is 0.305 e. The van der Waals surface area contributed by atoms with Gasteiger partial charge in [-0.3, -0.25) is 24.0 Å². The standard InChI is InChI=1S/C17H24O12S/c1-8(19)25-14-12(7-18)29-17(28-11(4)22,30-6-5-13(23)24)16(27-10(3)21)15(14)26-9(2)20/h12,14-16,18H,5-7H2,1-4H3,(H,23,24)/t12-,14+,15+,16-,17+/m1/s1. The Morgan fingerprint density at radius 3 is 1.87 bits per heavy atom. The fraction of sp³-hybridized carbons (Fsp3) is 0.706. The number of carboxylic acids is 1. The molecule has 5 atom stereocenters. The highest BCUT2D eigenvalue weighted by Gasteiger charge is 2.62. The molecule has 1 heterocycles. The molecule has 30 heavy (non-hydrogen) atoms. The first-order chi connectivity index (χ1) is 13.9. The Balaban J connectivity index is 3.53. The van der Waals surface area contributed by atoms with E-state index in [0.29, 0.717) is 11.8 Å². The number of carbonyl (C=O) groups excluding carboxylic acids is 4. The second kappa shape index (κ2) is 11.1. The average molecular weight is 452 g/mol. The van der Waals surface area contributed by atoms with Crippen molar-refractivity contribution in [3.05, 3.63) is 0 Å². The predicted molar refractivity (Wildman–Crippen MR) is 97.8 cm³/mol. The van der Waals surface area contributed by atoms with Crippen LogP contribution in [0, 0.1) is 0 Å². The Morgan fingerprint density at radius 2 is 1.43 bits per heavy atom. The van der Waals surface area contributed by atoms with Crippen LogP contribution in [0.15, 0.2) is 0 Å². The van der Waals surface area contributed by atoms with Crippen molar-refractivity contribution in [3.63, 3.8) is 0 Å². The second-order valence-electron chi connectivity index (χ2n) is 6.21. The number of carbonyl (C=O) groups is 5. The molecule has 0 saturated carbocycles. The largest absolute Gasteiger partial charge is 0.481 e. The van der Waals surface area contributed by atoms with E-state index in [1.54, 1.807) is 0 Å². The summed E-state index contributed by atoms with van der Waals surface area (Å²) < 4.78 is 26.5. The van der Waals surface area contributed by atoms with Crippen molar-refractivity contribution in [1.82, 2.24) is 0 Å². The van der Waals surface area contributed by atoms with Gasteiger partial charge in [-0.1, -0.05) is 11.8 Å². The van der Waals surface area contributed by atoms with E-state index < -0.39 is 66.0 Å². The lowest BCUT2D eigenvalue weighted by Crippen LogP contribution is -2.67. The Bertz CT molecular complexity index is 680. The van der Waals surface area contributed by atoms with Crippen LogP contribution in [0.25, 0.3) is 0 Å². The molecule has 1 aliphatic heterocycles. The lowest BCUT2D eigenvalue weighted by molar-refractivity contribution is -0.315. The number of hydrogen-bond donors (Lipinski definition) is 2. The molecule has 1 saturated heterocycles. The van der Waals surface area contributed by atoms with E-state index >= 15 is 0 Å². The van der Waals surface area contributed by atoms with Crippen molar-refractivity contribution in [2.24, 2.45) is 0 Å². The molecule has 0 unspecified atom stereocenters. The summed E-state index contributed by atoms with van der Waals surface area (Å²) in [5, 5.41) is 16.5. The number of aliphatic hydroxyl groups is 1. The molecule has 0 aromatic heterocycles. The van der Waals surface area contributed by atoms with Crippen molar-refractivity contribution >= 4 is 41.6 Å². The van der Waals surface area contributed by atoms with E-state index in [2.05, 4.69) is 0 Å². The molecule has 0 bridgehead atoms. The maximum absolute atomic E-state index is 11.8. The summed E-state index contributed by atoms with van der Waals surface area (Å²) in [6.45, 7) is 3.41. The molecule has 1 fully saturated rings. The number of carboxylic acid groups (broad SMARTS) is 1. The zero-order valence-corrected chi connectivity index (χ0v) is 17.6. The molecular weight excluding hydrogens is 428 g/mol. The zero-order valence-electron chi connectivity index (χ0n) is 16.8. The molecule has 0 amide bonds. The molecule has 1 aliphatic rings. The number of esters is 4. The van der Waals surface area contributed by atoms with Crippen molar-refractivity contribution in [1.29, 1.82) is 0 Å². The predicted octanol–water partition coefficient (Wildman–Crippen LogP) is -0.403. The molecule has 2 N–H and O–H groups in total. The first-order valence-electron chi connectivity index (χ1n) is 8.77. The van der Waals surface area contributed by atoms with Gasteiger partial charge in [0.15, 0.2) is 12.2 Å². The maximum atomic E-state index is 11.8. The monoisotopic (exact) mass is 452 g/mol. The molecule has 170 valence electrons. The molecule has 1 rings (SSSR count). The Labute approximate surface area is 176 Å². The lowest BCUT2D eigenvalue weighted by Gasteiger charge is -2.49. The SMILES string of the molecule is CC(=O)O[C@@H]1[C@H](OC(C)=O)[C@@H](OC(C)=O)[C@@](OC(C)=O)(SCCC(=O)O)O[C@@H]1CO. The van der Waals surface area contributed by atoms with Crippen LogP contribution in [0.5, 0.6) is 0 Å². The van der Waals surface area contributed by atoms with Crippen molar-refractivity contribution in [3.8, 4) is 0 Å². The molecule has 12 nitrogen and oxygen atoms in total. The zero-order chi connectivity index (χ0) is 23.1. The highest BCUT2D eigenvalue weighted by molar-refractivity contribution is 8.00. The normalized spacial score (nSPS) is 28.2. The van der Waals surface area contributed by atoms with Crippen LogP contribution >= 0.6 is 11.8 Å². The van der Waals surface area contributed by atoms with Gasteiger partial charge < -0.3 is 33.9 Å². The fourth-order valence-electron chi connectivity index (χ4n) is 2.75. The summed E-state index contributed by atoms with van der Waals surface area (Å²) in [5.74, 6) is -4.74. The highest BCUT2D eigenvalue weighted by atomic mass is 32.2. The smallest absolute Gasteiger partial charge is 0.305 e. The topological polar surface area (TPSA) is 172 Å². The number of ether oxygens (including phenoxy) is 5. The van der Waals surface area contributed by atoms with E-state index in [9.17, 15) is 29.1 Å². The summed E-state index contributed by atoms with van der Waals surface area (Å²) in [6, 6.07) is 0. The Hall–Kier alpha value is -2.38. The molecule has 0 radical (unpaired) electrons. The van der Waals surface area contributed by atoms with Gasteiger partial charge in [-0.2, -0.15) is 0 Å². The summed E-state index contributed by atoms with van der Waals surface area (Å²) in [7, 11) is 0. The van der Waals surface area contributed by atoms with Gasteiger partial charge in [0.25, 0.3) is 0 Å². The quantitative estimate of drug-likeness (QED) is 0.263. The third-order valence-corrected chi connectivity index (χ3v) is 4.86. The van der Waals surface area contributed by atoms with Gasteiger partial charge in [0.1, 0.15) is 6.10 Å². The van der Waals surface area contributed by atoms with Crippen molar-refractivity contribution in [2.75, 3.05) is 12.4 Å². The number of hydrogen-bond acceptors (Lipinski definition) is 12. The minimum atomic E-state index is -2.18. The first-order valence-corrected chi connectivity index (χ1v) is 9.76. The molecule has 0 aromatic carbocycles. The van der Waals surface area contributed by atoms with Gasteiger partial charge in [0.05, 0.1) is 13.0 Å². The van der Waals surface area contributed by atoms with E-state index in [-0.39, 0.29) is 12.2 Å². The van der Waals surface area contributed by atoms with Gasteiger partial charge >= 0.3 is 35.0 Å². The number of aliphatic hydroxyl groups excluding tert-OH is 1. The molecule has 0 spiro atoms. The van der Waals surface area contributed by atoms with Crippen LogP contribution in [-0.2, 0) is 47.7 Å². The van der Waals surface area contributed by atoms with Crippen LogP contribution in [0.1, 0.15) is 34.1 Å². The highest BCUT2D eigenvalue weighted by Crippen LogP contribution is 2.44. The van der Waals surface area contributed by atoms with E-state index in [1.807, 2.05) is 0 Å². The van der Waals surface area contributed by atoms with E-state index in [4.69, 9.17) is 28.8 Å². The third kappa shape index (κ3) is 7.15. The van der Waals surface area contributed by atoms with Crippen molar-refractivity contribution < 1.29 is 57.9 Å². The third-order valence-electron chi connectivity index (χ3n) is 3.63. The fourth-order valence-corrected chi connectivity index (χ4v) is 4.03. The first kappa shape index (κ1) is 25.7. The Morgan fingerprint density at radius 1 is 0.900 bits per heavy atom. The van der Waals surface area contributed by atoms with Crippen LogP contribution in [0.4, 0.5) is 0 Å². The minimum Gasteiger partial charge on any atom is -0.481 e.